The molecule has 1 aliphatic rings. The van der Waals surface area contributed by atoms with Crippen molar-refractivity contribution in [1.82, 2.24) is 14.8 Å². The number of nitrogens with zero attached hydrogens (tertiary/aromatic N) is 3. The molecule has 0 N–H and O–H groups in total. The lowest BCUT2D eigenvalue weighted by Gasteiger charge is -2.34. The average molecular weight is 674 g/mol. The second kappa shape index (κ2) is 14.7. The second-order valence-electron chi connectivity index (χ2n) is 10.7. The van der Waals surface area contributed by atoms with Crippen LogP contribution >= 0.6 is 23.1 Å². The zero-order valence-electron chi connectivity index (χ0n) is 25.6. The highest BCUT2D eigenvalue weighted by atomic mass is 32.2. The molecule has 0 spiro atoms. The van der Waals surface area contributed by atoms with Gasteiger partial charge in [-0.15, -0.1) is 23.1 Å². The molecule has 8 nitrogen and oxygen atoms in total. The summed E-state index contributed by atoms with van der Waals surface area (Å²) in [6.45, 7) is 8.52. The van der Waals surface area contributed by atoms with E-state index in [0.29, 0.717) is 60.6 Å². The van der Waals surface area contributed by atoms with Crippen molar-refractivity contribution in [3.05, 3.63) is 88.3 Å². The number of thiazole rings is 1. The molecule has 1 unspecified atom stereocenters. The first kappa shape index (κ1) is 33.6. The van der Waals surface area contributed by atoms with E-state index in [-0.39, 0.29) is 12.5 Å². The van der Waals surface area contributed by atoms with Gasteiger partial charge in [-0.05, 0) is 68.8 Å². The fourth-order valence-electron chi connectivity index (χ4n) is 4.91. The van der Waals surface area contributed by atoms with Gasteiger partial charge >= 0.3 is 12.1 Å². The lowest BCUT2D eigenvalue weighted by molar-refractivity contribution is -0.150. The van der Waals surface area contributed by atoms with Crippen molar-refractivity contribution in [2.24, 2.45) is 0 Å². The zero-order valence-corrected chi connectivity index (χ0v) is 27.3. The summed E-state index contributed by atoms with van der Waals surface area (Å²) in [4.78, 5) is 35.6. The monoisotopic (exact) mass is 673 g/mol. The SMILES string of the molecule is CCOC(=O)C(C)Oc1ccc(SCc2sc(-c3ccc(C(F)(F)F)cc3)nc2CN2CCN(C(=O)c3ccco3)CC2)cc1C. The molecule has 1 amide bonds. The van der Waals surface area contributed by atoms with Crippen LogP contribution in [0.15, 0.2) is 70.2 Å². The van der Waals surface area contributed by atoms with E-state index in [2.05, 4.69) is 4.90 Å². The molecule has 2 aromatic carbocycles. The summed E-state index contributed by atoms with van der Waals surface area (Å²) in [5.41, 5.74) is 1.65. The van der Waals surface area contributed by atoms with Gasteiger partial charge in [-0.2, -0.15) is 13.2 Å². The topological polar surface area (TPSA) is 85.1 Å². The largest absolute Gasteiger partial charge is 0.479 e. The maximum absolute atomic E-state index is 13.2. The van der Waals surface area contributed by atoms with Gasteiger partial charge < -0.3 is 18.8 Å². The molecule has 1 aliphatic heterocycles. The number of ether oxygens (including phenoxy) is 2. The lowest BCUT2D eigenvalue weighted by atomic mass is 10.1. The van der Waals surface area contributed by atoms with Crippen LogP contribution < -0.4 is 4.74 Å². The highest BCUT2D eigenvalue weighted by Gasteiger charge is 2.30. The molecule has 4 aromatic rings. The highest BCUT2D eigenvalue weighted by Crippen LogP contribution is 2.36. The minimum absolute atomic E-state index is 0.137. The van der Waals surface area contributed by atoms with Crippen molar-refractivity contribution in [3.8, 4) is 16.3 Å². The van der Waals surface area contributed by atoms with Crippen molar-refractivity contribution in [2.45, 2.75) is 50.2 Å². The second-order valence-corrected chi connectivity index (χ2v) is 12.9. The van der Waals surface area contributed by atoms with Crippen molar-refractivity contribution < 1.29 is 36.7 Å². The first-order chi connectivity index (χ1) is 22.0. The van der Waals surface area contributed by atoms with Crippen LogP contribution in [0, 0.1) is 6.92 Å². The summed E-state index contributed by atoms with van der Waals surface area (Å²) >= 11 is 3.08. The molecule has 0 aliphatic carbocycles. The van der Waals surface area contributed by atoms with Crippen LogP contribution in [0.25, 0.3) is 10.6 Å². The lowest BCUT2D eigenvalue weighted by Crippen LogP contribution is -2.48. The molecule has 0 saturated carbocycles. The van der Waals surface area contributed by atoms with Crippen LogP contribution in [0.5, 0.6) is 5.75 Å². The zero-order chi connectivity index (χ0) is 32.8. The number of aryl methyl sites for hydroxylation is 1. The summed E-state index contributed by atoms with van der Waals surface area (Å²) in [5, 5.41) is 0.652. The van der Waals surface area contributed by atoms with Gasteiger partial charge in [0.05, 0.1) is 24.1 Å². The third-order valence-electron chi connectivity index (χ3n) is 7.44. The van der Waals surface area contributed by atoms with Gasteiger partial charge in [0.15, 0.2) is 11.9 Å². The van der Waals surface area contributed by atoms with Crippen molar-refractivity contribution >= 4 is 35.0 Å². The maximum Gasteiger partial charge on any atom is 0.416 e. The number of halogens is 3. The fourth-order valence-corrected chi connectivity index (χ4v) is 7.09. The quantitative estimate of drug-likeness (QED) is 0.121. The van der Waals surface area contributed by atoms with E-state index in [4.69, 9.17) is 18.9 Å². The van der Waals surface area contributed by atoms with Crippen LogP contribution in [0.2, 0.25) is 0 Å². The summed E-state index contributed by atoms with van der Waals surface area (Å²) in [6, 6.07) is 14.2. The smallest absolute Gasteiger partial charge is 0.416 e. The molecule has 0 bridgehead atoms. The van der Waals surface area contributed by atoms with Gasteiger partial charge in [-0.1, -0.05) is 12.1 Å². The van der Waals surface area contributed by atoms with E-state index < -0.39 is 23.8 Å². The minimum atomic E-state index is -4.41. The first-order valence-corrected chi connectivity index (χ1v) is 16.6. The van der Waals surface area contributed by atoms with Crippen LogP contribution in [-0.2, 0) is 28.0 Å². The highest BCUT2D eigenvalue weighted by molar-refractivity contribution is 7.98. The molecule has 46 heavy (non-hydrogen) atoms. The summed E-state index contributed by atoms with van der Waals surface area (Å²) in [6.07, 6.45) is -3.66. The molecule has 13 heteroatoms. The Morgan fingerprint density at radius 1 is 1.09 bits per heavy atom. The molecule has 244 valence electrons. The summed E-state index contributed by atoms with van der Waals surface area (Å²) in [7, 11) is 0. The number of hydrogen-bond acceptors (Lipinski definition) is 9. The number of carbonyl (C=O) groups excluding carboxylic acids is 2. The van der Waals surface area contributed by atoms with Gasteiger partial charge in [-0.25, -0.2) is 9.78 Å². The Labute approximate surface area is 273 Å². The molecular formula is C33H34F3N3O5S2. The third-order valence-corrected chi connectivity index (χ3v) is 9.79. The van der Waals surface area contributed by atoms with Gasteiger partial charge in [0.1, 0.15) is 10.8 Å². The Kier molecular flexibility index (Phi) is 10.7. The minimum Gasteiger partial charge on any atom is -0.479 e. The van der Waals surface area contributed by atoms with Crippen LogP contribution in [0.3, 0.4) is 0 Å². The molecule has 1 saturated heterocycles. The predicted molar refractivity (Wildman–Crippen MR) is 170 cm³/mol. The predicted octanol–water partition coefficient (Wildman–Crippen LogP) is 7.31. The van der Waals surface area contributed by atoms with E-state index >= 15 is 0 Å². The molecule has 0 radical (unpaired) electrons. The fraction of sp³-hybridized carbons (Fsp3) is 0.364. The number of hydrogen-bond donors (Lipinski definition) is 0. The number of thioether (sulfide) groups is 1. The standard InChI is InChI=1S/C33H34F3N3O5S2/c1-4-42-32(41)22(3)44-27-12-11-25(18-21(27)2)45-20-29-26(37-30(46-29)23-7-9-24(10-8-23)33(34,35)36)19-38-13-15-39(16-14-38)31(40)28-6-5-17-43-28/h5-12,17-18,22H,4,13-16,19-20H2,1-3H3. The number of furan rings is 1. The van der Waals surface area contributed by atoms with E-state index in [9.17, 15) is 22.8 Å². The number of piperazine rings is 1. The number of carbonyl (C=O) groups is 2. The van der Waals surface area contributed by atoms with Crippen molar-refractivity contribution in [3.63, 3.8) is 0 Å². The van der Waals surface area contributed by atoms with E-state index in [1.165, 1.54) is 29.7 Å². The van der Waals surface area contributed by atoms with Crippen molar-refractivity contribution in [2.75, 3.05) is 32.8 Å². The number of rotatable bonds is 11. The molecule has 2 aromatic heterocycles. The van der Waals surface area contributed by atoms with Crippen LogP contribution in [0.4, 0.5) is 13.2 Å². The molecule has 1 fully saturated rings. The Hall–Kier alpha value is -3.81. The number of aromatic nitrogens is 1. The van der Waals surface area contributed by atoms with Gasteiger partial charge in [0, 0.05) is 53.8 Å². The normalized spacial score (nSPS) is 14.7. The summed E-state index contributed by atoms with van der Waals surface area (Å²) < 4.78 is 55.6. The Balaban J connectivity index is 1.30. The van der Waals surface area contributed by atoms with Gasteiger partial charge in [0.2, 0.25) is 0 Å². The third kappa shape index (κ3) is 8.31. The molecular weight excluding hydrogens is 640 g/mol. The molecule has 1 atom stereocenters. The first-order valence-electron chi connectivity index (χ1n) is 14.8. The number of amides is 1. The van der Waals surface area contributed by atoms with Gasteiger partial charge in [0.25, 0.3) is 5.91 Å². The molecule has 3 heterocycles. The maximum atomic E-state index is 13.2. The Morgan fingerprint density at radius 2 is 1.83 bits per heavy atom. The van der Waals surface area contributed by atoms with E-state index in [1.807, 2.05) is 25.1 Å². The summed E-state index contributed by atoms with van der Waals surface area (Å²) in [5.74, 6) is 0.952. The number of benzene rings is 2. The molecule has 5 rings (SSSR count). The Bertz CT molecular complexity index is 1630. The van der Waals surface area contributed by atoms with Crippen LogP contribution in [-0.4, -0.2) is 65.6 Å². The Morgan fingerprint density at radius 3 is 2.46 bits per heavy atom. The van der Waals surface area contributed by atoms with Crippen molar-refractivity contribution in [1.29, 1.82) is 0 Å². The number of esters is 1. The number of alkyl halides is 3. The van der Waals surface area contributed by atoms with E-state index in [0.717, 1.165) is 33.2 Å². The van der Waals surface area contributed by atoms with Crippen LogP contribution in [0.1, 0.15) is 46.1 Å². The van der Waals surface area contributed by atoms with Gasteiger partial charge in [-0.3, -0.25) is 9.69 Å². The average Bonchev–Trinajstić information content (AvgIpc) is 3.72. The van der Waals surface area contributed by atoms with E-state index in [1.54, 1.807) is 42.6 Å².